The highest BCUT2D eigenvalue weighted by molar-refractivity contribution is 5.79. The molecule has 5 nitrogen and oxygen atoms in total. The number of nitrogens with one attached hydrogen (secondary N) is 1. The number of amides is 1. The average molecular weight is 337 g/mol. The second-order valence-corrected chi connectivity index (χ2v) is 5.91. The van der Waals surface area contributed by atoms with Gasteiger partial charge >= 0.3 is 12.1 Å². The molecule has 0 bridgehead atoms. The Bertz CT molecular complexity index is 769. The van der Waals surface area contributed by atoms with Crippen molar-refractivity contribution in [2.24, 2.45) is 0 Å². The van der Waals surface area contributed by atoms with E-state index in [2.05, 4.69) is 24.0 Å². The molecule has 0 saturated carbocycles. The number of alkyl carbamates (subject to hydrolysis) is 1. The molecule has 0 heterocycles. The van der Waals surface area contributed by atoms with E-state index in [1.165, 1.54) is 6.08 Å². The molecule has 0 saturated heterocycles. The van der Waals surface area contributed by atoms with Gasteiger partial charge in [-0.1, -0.05) is 54.6 Å². The predicted molar refractivity (Wildman–Crippen MR) is 94.4 cm³/mol. The van der Waals surface area contributed by atoms with Crippen molar-refractivity contribution in [3.63, 3.8) is 0 Å². The molecule has 25 heavy (non-hydrogen) atoms. The Kier molecular flexibility index (Phi) is 4.84. The van der Waals surface area contributed by atoms with Crippen LogP contribution < -0.4 is 5.32 Å². The molecule has 1 aliphatic carbocycles. The number of rotatable bonds is 6. The Labute approximate surface area is 145 Å². The quantitative estimate of drug-likeness (QED) is 0.790. The highest BCUT2D eigenvalue weighted by Gasteiger charge is 2.29. The summed E-state index contributed by atoms with van der Waals surface area (Å²) in [5, 5.41) is 11.3. The van der Waals surface area contributed by atoms with Crippen molar-refractivity contribution in [3.8, 4) is 11.1 Å². The first-order valence-corrected chi connectivity index (χ1v) is 8.06. The lowest BCUT2D eigenvalue weighted by Crippen LogP contribution is -2.36. The zero-order valence-corrected chi connectivity index (χ0v) is 13.6. The van der Waals surface area contributed by atoms with Gasteiger partial charge in [-0.2, -0.15) is 0 Å². The highest BCUT2D eigenvalue weighted by Crippen LogP contribution is 2.44. The standard InChI is InChI=1S/C20H19NO4/c1-2-13(11-19(22)23)21-20(24)25-12-18-16-9-5-3-7-14(16)15-8-4-6-10-17(15)18/h2-10,13,18H,1,11-12H2,(H,21,24)(H,22,23)/t13-/m1/s1. The molecule has 0 spiro atoms. The molecule has 3 rings (SSSR count). The molecule has 0 aromatic heterocycles. The number of carboxylic acid groups (broad SMARTS) is 1. The third kappa shape index (κ3) is 3.55. The molecular formula is C20H19NO4. The van der Waals surface area contributed by atoms with Crippen LogP contribution in [0.5, 0.6) is 0 Å². The highest BCUT2D eigenvalue weighted by atomic mass is 16.5. The monoisotopic (exact) mass is 337 g/mol. The van der Waals surface area contributed by atoms with Crippen molar-refractivity contribution in [2.45, 2.75) is 18.4 Å². The SMILES string of the molecule is C=C[C@H](CC(=O)O)NC(=O)OCC1c2ccccc2-c2ccccc21. The van der Waals surface area contributed by atoms with Crippen LogP contribution in [0.4, 0.5) is 4.79 Å². The fourth-order valence-corrected chi connectivity index (χ4v) is 3.17. The lowest BCUT2D eigenvalue weighted by molar-refractivity contribution is -0.137. The van der Waals surface area contributed by atoms with Crippen molar-refractivity contribution < 1.29 is 19.4 Å². The maximum atomic E-state index is 12.0. The molecule has 0 radical (unpaired) electrons. The molecule has 1 atom stereocenters. The van der Waals surface area contributed by atoms with Gasteiger partial charge in [-0.3, -0.25) is 4.79 Å². The topological polar surface area (TPSA) is 75.6 Å². The summed E-state index contributed by atoms with van der Waals surface area (Å²) in [6.07, 6.45) is 0.511. The Balaban J connectivity index is 1.70. The number of benzene rings is 2. The van der Waals surface area contributed by atoms with E-state index in [9.17, 15) is 9.59 Å². The normalized spacial score (nSPS) is 13.4. The van der Waals surface area contributed by atoms with E-state index in [0.29, 0.717) is 0 Å². The predicted octanol–water partition coefficient (Wildman–Crippen LogP) is 3.55. The van der Waals surface area contributed by atoms with Crippen molar-refractivity contribution in [3.05, 3.63) is 72.3 Å². The minimum Gasteiger partial charge on any atom is -0.481 e. The van der Waals surface area contributed by atoms with Crippen LogP contribution in [-0.2, 0) is 9.53 Å². The minimum absolute atomic E-state index is 0.0280. The van der Waals surface area contributed by atoms with Gasteiger partial charge in [-0.25, -0.2) is 4.79 Å². The fourth-order valence-electron chi connectivity index (χ4n) is 3.17. The van der Waals surface area contributed by atoms with E-state index in [1.807, 2.05) is 36.4 Å². The van der Waals surface area contributed by atoms with Gasteiger partial charge in [0.2, 0.25) is 0 Å². The van der Waals surface area contributed by atoms with Crippen LogP contribution in [0.1, 0.15) is 23.5 Å². The third-order valence-electron chi connectivity index (χ3n) is 4.33. The van der Waals surface area contributed by atoms with Crippen molar-refractivity contribution in [1.29, 1.82) is 0 Å². The lowest BCUT2D eigenvalue weighted by Gasteiger charge is -2.16. The van der Waals surface area contributed by atoms with E-state index >= 15 is 0 Å². The third-order valence-corrected chi connectivity index (χ3v) is 4.33. The summed E-state index contributed by atoms with van der Waals surface area (Å²) >= 11 is 0. The van der Waals surface area contributed by atoms with Crippen molar-refractivity contribution in [2.75, 3.05) is 6.61 Å². The van der Waals surface area contributed by atoms with Gasteiger partial charge in [-0.05, 0) is 22.3 Å². The molecule has 1 aliphatic rings. The van der Waals surface area contributed by atoms with Crippen LogP contribution in [0.25, 0.3) is 11.1 Å². The molecule has 5 heteroatoms. The van der Waals surface area contributed by atoms with E-state index in [1.54, 1.807) is 0 Å². The summed E-state index contributed by atoms with van der Waals surface area (Å²) in [7, 11) is 0. The van der Waals surface area contributed by atoms with Gasteiger partial charge in [-0.15, -0.1) is 6.58 Å². The van der Waals surface area contributed by atoms with Crippen LogP contribution in [-0.4, -0.2) is 29.8 Å². The first-order valence-electron chi connectivity index (χ1n) is 8.06. The molecule has 2 N–H and O–H groups in total. The van der Waals surface area contributed by atoms with Crippen LogP contribution in [0.3, 0.4) is 0 Å². The number of aliphatic carboxylic acids is 1. The Morgan fingerprint density at radius 1 is 1.12 bits per heavy atom. The second kappa shape index (κ2) is 7.21. The van der Waals surface area contributed by atoms with Gasteiger partial charge < -0.3 is 15.2 Å². The van der Waals surface area contributed by atoms with E-state index in [-0.39, 0.29) is 18.9 Å². The van der Waals surface area contributed by atoms with E-state index in [4.69, 9.17) is 9.84 Å². The zero-order valence-electron chi connectivity index (χ0n) is 13.6. The van der Waals surface area contributed by atoms with Crippen molar-refractivity contribution in [1.82, 2.24) is 5.32 Å². The summed E-state index contributed by atoms with van der Waals surface area (Å²) in [6, 6.07) is 15.5. The van der Waals surface area contributed by atoms with Gasteiger partial charge in [0, 0.05) is 5.92 Å². The number of hydrogen-bond donors (Lipinski definition) is 2. The maximum absolute atomic E-state index is 12.0. The molecule has 0 aliphatic heterocycles. The largest absolute Gasteiger partial charge is 0.481 e. The van der Waals surface area contributed by atoms with Gasteiger partial charge in [0.05, 0.1) is 12.5 Å². The van der Waals surface area contributed by atoms with Crippen LogP contribution in [0, 0.1) is 0 Å². The number of carbonyl (C=O) groups is 2. The number of hydrogen-bond acceptors (Lipinski definition) is 3. The van der Waals surface area contributed by atoms with Gasteiger partial charge in [0.1, 0.15) is 6.61 Å². The smallest absolute Gasteiger partial charge is 0.407 e. The Morgan fingerprint density at radius 3 is 2.20 bits per heavy atom. The van der Waals surface area contributed by atoms with E-state index < -0.39 is 18.1 Å². The van der Waals surface area contributed by atoms with E-state index in [0.717, 1.165) is 22.3 Å². The summed E-state index contributed by atoms with van der Waals surface area (Å²) < 4.78 is 5.36. The molecular weight excluding hydrogens is 318 g/mol. The maximum Gasteiger partial charge on any atom is 0.407 e. The van der Waals surface area contributed by atoms with Crippen LogP contribution in [0.2, 0.25) is 0 Å². The van der Waals surface area contributed by atoms with Gasteiger partial charge in [0.25, 0.3) is 0 Å². The molecule has 128 valence electrons. The fraction of sp³-hybridized carbons (Fsp3) is 0.200. The molecule has 0 unspecified atom stereocenters. The number of carbonyl (C=O) groups excluding carboxylic acids is 1. The van der Waals surface area contributed by atoms with Crippen molar-refractivity contribution >= 4 is 12.1 Å². The number of carboxylic acids is 1. The molecule has 1 amide bonds. The summed E-state index contributed by atoms with van der Waals surface area (Å²) in [6.45, 7) is 3.72. The molecule has 0 fully saturated rings. The average Bonchev–Trinajstić information content (AvgIpc) is 2.93. The summed E-state index contributed by atoms with van der Waals surface area (Å²) in [4.78, 5) is 22.8. The summed E-state index contributed by atoms with van der Waals surface area (Å²) in [5.41, 5.74) is 4.56. The summed E-state index contributed by atoms with van der Waals surface area (Å²) in [5.74, 6) is -1.04. The first-order chi connectivity index (χ1) is 12.1. The Morgan fingerprint density at radius 2 is 1.68 bits per heavy atom. The first kappa shape index (κ1) is 16.8. The molecule has 2 aromatic carbocycles. The number of ether oxygens (including phenoxy) is 1. The Hall–Kier alpha value is -3.08. The minimum atomic E-state index is -1.01. The van der Waals surface area contributed by atoms with Gasteiger partial charge in [0.15, 0.2) is 0 Å². The van der Waals surface area contributed by atoms with Crippen LogP contribution in [0.15, 0.2) is 61.2 Å². The molecule has 2 aromatic rings. The van der Waals surface area contributed by atoms with Crippen LogP contribution >= 0.6 is 0 Å². The second-order valence-electron chi connectivity index (χ2n) is 5.91. The lowest BCUT2D eigenvalue weighted by atomic mass is 9.98. The number of fused-ring (bicyclic) bond motifs is 3. The zero-order chi connectivity index (χ0) is 17.8.